The summed E-state index contributed by atoms with van der Waals surface area (Å²) in [7, 11) is 0. The summed E-state index contributed by atoms with van der Waals surface area (Å²) in [6, 6.07) is 25.6. The van der Waals surface area contributed by atoms with E-state index < -0.39 is 11.5 Å². The van der Waals surface area contributed by atoms with Gasteiger partial charge in [0.1, 0.15) is 0 Å². The van der Waals surface area contributed by atoms with E-state index >= 15 is 0 Å². The SMILES string of the molecule is O=c1[nH]c2ccc(Br)cc2cc1C(c1ccc(Cl)cc1)C1(O)CCN[C@H](Cc2ccccc2)C1. The van der Waals surface area contributed by atoms with Crippen molar-refractivity contribution in [3.05, 3.63) is 115 Å². The van der Waals surface area contributed by atoms with Crippen LogP contribution in [-0.2, 0) is 6.42 Å². The van der Waals surface area contributed by atoms with E-state index in [1.54, 1.807) is 0 Å². The highest BCUT2D eigenvalue weighted by atomic mass is 79.9. The predicted molar refractivity (Wildman–Crippen MR) is 142 cm³/mol. The van der Waals surface area contributed by atoms with Crippen LogP contribution >= 0.6 is 27.5 Å². The first kappa shape index (κ1) is 23.3. The fourth-order valence-electron chi connectivity index (χ4n) is 5.24. The Bertz CT molecular complexity index is 1360. The quantitative estimate of drug-likeness (QED) is 0.301. The molecule has 0 amide bonds. The number of halogens is 2. The maximum atomic E-state index is 13.3. The van der Waals surface area contributed by atoms with Gasteiger partial charge in [0.2, 0.25) is 0 Å². The normalized spacial score (nSPS) is 21.4. The van der Waals surface area contributed by atoms with Crippen LogP contribution in [0.25, 0.3) is 10.9 Å². The van der Waals surface area contributed by atoms with Crippen molar-refractivity contribution in [2.45, 2.75) is 36.8 Å². The van der Waals surface area contributed by atoms with Crippen LogP contribution in [0.5, 0.6) is 0 Å². The van der Waals surface area contributed by atoms with Crippen molar-refractivity contribution in [1.82, 2.24) is 10.3 Å². The largest absolute Gasteiger partial charge is 0.389 e. The number of aromatic nitrogens is 1. The molecule has 0 aliphatic carbocycles. The van der Waals surface area contributed by atoms with Gasteiger partial charge in [0.15, 0.2) is 0 Å². The van der Waals surface area contributed by atoms with Gasteiger partial charge in [-0.1, -0.05) is 70.0 Å². The number of hydrogen-bond acceptors (Lipinski definition) is 3. The first-order valence-electron chi connectivity index (χ1n) is 11.5. The Labute approximate surface area is 212 Å². The highest BCUT2D eigenvalue weighted by Gasteiger charge is 2.43. The van der Waals surface area contributed by atoms with E-state index in [1.807, 2.05) is 66.7 Å². The van der Waals surface area contributed by atoms with E-state index in [2.05, 4.69) is 38.4 Å². The molecule has 4 aromatic rings. The summed E-state index contributed by atoms with van der Waals surface area (Å²) in [6.07, 6.45) is 1.89. The Kier molecular flexibility index (Phi) is 6.63. The summed E-state index contributed by atoms with van der Waals surface area (Å²) in [5.41, 5.74) is 2.17. The lowest BCUT2D eigenvalue weighted by molar-refractivity contribution is -0.0188. The molecule has 1 fully saturated rings. The zero-order chi connectivity index (χ0) is 23.7. The molecule has 0 radical (unpaired) electrons. The Morgan fingerprint density at radius 2 is 1.82 bits per heavy atom. The van der Waals surface area contributed by atoms with Gasteiger partial charge >= 0.3 is 0 Å². The van der Waals surface area contributed by atoms with Gasteiger partial charge in [0.25, 0.3) is 5.56 Å². The van der Waals surface area contributed by atoms with Crippen molar-refractivity contribution in [3.63, 3.8) is 0 Å². The zero-order valence-electron chi connectivity index (χ0n) is 18.6. The molecule has 4 nitrogen and oxygen atoms in total. The zero-order valence-corrected chi connectivity index (χ0v) is 20.9. The first-order chi connectivity index (χ1) is 16.4. The molecule has 1 aliphatic rings. The molecule has 5 rings (SSSR count). The second-order valence-corrected chi connectivity index (χ2v) is 10.5. The third-order valence-corrected chi connectivity index (χ3v) is 7.55. The van der Waals surface area contributed by atoms with Crippen molar-refractivity contribution in [3.8, 4) is 0 Å². The predicted octanol–water partition coefficient (Wildman–Crippen LogP) is 5.80. The number of aliphatic hydroxyl groups is 1. The first-order valence-corrected chi connectivity index (χ1v) is 12.7. The van der Waals surface area contributed by atoms with Crippen LogP contribution in [0.3, 0.4) is 0 Å². The highest BCUT2D eigenvalue weighted by Crippen LogP contribution is 2.41. The molecule has 0 spiro atoms. The highest BCUT2D eigenvalue weighted by molar-refractivity contribution is 9.10. The van der Waals surface area contributed by atoms with Crippen molar-refractivity contribution < 1.29 is 5.11 Å². The van der Waals surface area contributed by atoms with Crippen molar-refractivity contribution >= 4 is 38.4 Å². The lowest BCUT2D eigenvalue weighted by atomic mass is 9.70. The minimum Gasteiger partial charge on any atom is -0.389 e. The molecule has 3 N–H and O–H groups in total. The summed E-state index contributed by atoms with van der Waals surface area (Å²) >= 11 is 9.71. The summed E-state index contributed by atoms with van der Waals surface area (Å²) in [4.78, 5) is 16.4. The standard InChI is InChI=1S/C28H26BrClN2O2/c29-21-8-11-25-20(15-21)16-24(27(33)32-25)26(19-6-9-22(30)10-7-19)28(34)12-13-31-23(17-28)14-18-4-2-1-3-5-18/h1-11,15-16,23,26,31,34H,12-14,17H2,(H,32,33)/t23-,26?,28?/m1/s1. The summed E-state index contributed by atoms with van der Waals surface area (Å²) in [5, 5.41) is 17.3. The lowest BCUT2D eigenvalue weighted by Crippen LogP contribution is -2.52. The number of fused-ring (bicyclic) bond motifs is 1. The number of H-pyrrole nitrogens is 1. The lowest BCUT2D eigenvalue weighted by Gasteiger charge is -2.43. The van der Waals surface area contributed by atoms with E-state index in [-0.39, 0.29) is 11.6 Å². The smallest absolute Gasteiger partial charge is 0.252 e. The molecular formula is C28H26BrClN2O2. The molecule has 1 saturated heterocycles. The minimum atomic E-state index is -1.09. The number of aromatic amines is 1. The molecule has 2 heterocycles. The Balaban J connectivity index is 1.59. The van der Waals surface area contributed by atoms with E-state index in [4.69, 9.17) is 11.6 Å². The third-order valence-electron chi connectivity index (χ3n) is 6.80. The maximum absolute atomic E-state index is 13.3. The van der Waals surface area contributed by atoms with Crippen LogP contribution in [0.2, 0.25) is 5.02 Å². The second kappa shape index (κ2) is 9.67. The molecule has 1 aromatic heterocycles. The molecule has 2 unspecified atom stereocenters. The van der Waals surface area contributed by atoms with Crippen molar-refractivity contribution in [1.29, 1.82) is 0 Å². The fraction of sp³-hybridized carbons (Fsp3) is 0.250. The number of pyridine rings is 1. The summed E-state index contributed by atoms with van der Waals surface area (Å²) in [5.74, 6) is -0.489. The third kappa shape index (κ3) is 4.84. The van der Waals surface area contributed by atoms with Gasteiger partial charge < -0.3 is 15.4 Å². The van der Waals surface area contributed by atoms with Crippen LogP contribution in [-0.4, -0.2) is 28.3 Å². The number of rotatable bonds is 5. The van der Waals surface area contributed by atoms with Crippen LogP contribution in [0, 0.1) is 0 Å². The van der Waals surface area contributed by atoms with Gasteiger partial charge in [-0.3, -0.25) is 4.79 Å². The van der Waals surface area contributed by atoms with Crippen molar-refractivity contribution in [2.24, 2.45) is 0 Å². The van der Waals surface area contributed by atoms with Gasteiger partial charge in [-0.05, 0) is 78.7 Å². The molecule has 0 bridgehead atoms. The Morgan fingerprint density at radius 3 is 2.59 bits per heavy atom. The molecule has 0 saturated carbocycles. The average molecular weight is 538 g/mol. The van der Waals surface area contributed by atoms with E-state index in [0.29, 0.717) is 30.0 Å². The fourth-order valence-corrected chi connectivity index (χ4v) is 5.75. The van der Waals surface area contributed by atoms with Crippen LogP contribution in [0.1, 0.15) is 35.4 Å². The molecule has 3 aromatic carbocycles. The monoisotopic (exact) mass is 536 g/mol. The summed E-state index contributed by atoms with van der Waals surface area (Å²) in [6.45, 7) is 0.676. The van der Waals surface area contributed by atoms with Gasteiger partial charge in [-0.15, -0.1) is 0 Å². The van der Waals surface area contributed by atoms with Gasteiger partial charge in [0.05, 0.1) is 5.60 Å². The molecule has 3 atom stereocenters. The maximum Gasteiger partial charge on any atom is 0.252 e. The summed E-state index contributed by atoms with van der Waals surface area (Å²) < 4.78 is 0.935. The van der Waals surface area contributed by atoms with Crippen LogP contribution in [0.4, 0.5) is 0 Å². The molecule has 1 aliphatic heterocycles. The van der Waals surface area contributed by atoms with Gasteiger partial charge in [-0.25, -0.2) is 0 Å². The Hall–Kier alpha value is -2.44. The minimum absolute atomic E-state index is 0.102. The van der Waals surface area contributed by atoms with E-state index in [1.165, 1.54) is 5.56 Å². The molecular weight excluding hydrogens is 512 g/mol. The van der Waals surface area contributed by atoms with Gasteiger partial charge in [0, 0.05) is 32.5 Å². The van der Waals surface area contributed by atoms with E-state index in [0.717, 1.165) is 27.4 Å². The molecule has 34 heavy (non-hydrogen) atoms. The number of benzene rings is 3. The van der Waals surface area contributed by atoms with Crippen molar-refractivity contribution in [2.75, 3.05) is 6.54 Å². The van der Waals surface area contributed by atoms with Crippen LogP contribution < -0.4 is 10.9 Å². The topological polar surface area (TPSA) is 65.1 Å². The van der Waals surface area contributed by atoms with Gasteiger partial charge in [-0.2, -0.15) is 0 Å². The second-order valence-electron chi connectivity index (χ2n) is 9.17. The molecule has 6 heteroatoms. The number of hydrogen-bond donors (Lipinski definition) is 3. The Morgan fingerprint density at radius 1 is 1.06 bits per heavy atom. The van der Waals surface area contributed by atoms with Crippen LogP contribution in [0.15, 0.2) is 88.1 Å². The number of nitrogens with one attached hydrogen (secondary N) is 2. The van der Waals surface area contributed by atoms with E-state index in [9.17, 15) is 9.90 Å². The number of piperidine rings is 1. The average Bonchev–Trinajstić information content (AvgIpc) is 2.82. The molecule has 174 valence electrons.